The highest BCUT2D eigenvalue weighted by Gasteiger charge is 2.23. The maximum Gasteiger partial charge on any atom is 0.191 e. The predicted octanol–water partition coefficient (Wildman–Crippen LogP) is 3.25. The summed E-state index contributed by atoms with van der Waals surface area (Å²) in [6.45, 7) is 11.1. The first-order chi connectivity index (χ1) is 13.3. The summed E-state index contributed by atoms with van der Waals surface area (Å²) in [7, 11) is -0.900. The first kappa shape index (κ1) is 25.7. The van der Waals surface area contributed by atoms with Crippen molar-refractivity contribution in [1.29, 1.82) is 5.26 Å². The summed E-state index contributed by atoms with van der Waals surface area (Å²) in [6.07, 6.45) is 2.12. The third kappa shape index (κ3) is 8.13. The smallest absolute Gasteiger partial charge is 0.191 e. The van der Waals surface area contributed by atoms with Gasteiger partial charge in [0.25, 0.3) is 0 Å². The molecule has 1 saturated heterocycles. The van der Waals surface area contributed by atoms with Gasteiger partial charge in [-0.15, -0.1) is 24.0 Å². The number of hydrogen-bond donors (Lipinski definition) is 2. The number of hydrogen-bond acceptors (Lipinski definition) is 4. The van der Waals surface area contributed by atoms with E-state index in [0.29, 0.717) is 17.9 Å². The first-order valence-corrected chi connectivity index (χ1v) is 11.3. The van der Waals surface area contributed by atoms with Gasteiger partial charge in [-0.05, 0) is 52.7 Å². The van der Waals surface area contributed by atoms with Crippen LogP contribution in [0.15, 0.2) is 29.3 Å². The molecule has 0 spiro atoms. The minimum Gasteiger partial charge on any atom is -0.368 e. The number of piperidine rings is 1. The summed E-state index contributed by atoms with van der Waals surface area (Å²) >= 11 is 0. The van der Waals surface area contributed by atoms with Gasteiger partial charge in [-0.2, -0.15) is 5.26 Å². The van der Waals surface area contributed by atoms with E-state index in [2.05, 4.69) is 26.6 Å². The normalized spacial score (nSPS) is 18.4. The Hall–Kier alpha value is -1.34. The number of guanidine groups is 1. The highest BCUT2D eigenvalue weighted by Crippen LogP contribution is 2.23. The lowest BCUT2D eigenvalue weighted by atomic mass is 10.0. The standard InChI is InChI=1S/C21H33N5OS.HI/c1-5-23-20(24-12-14-28(27)21(2,3)4)25-18-10-8-13-26(16-18)19-11-7-6-9-17(19)15-22;/h6-7,9,11,18H,5,8,10,12-14,16H2,1-4H3,(H2,23,24,25);1H. The molecule has 0 aliphatic carbocycles. The summed E-state index contributed by atoms with van der Waals surface area (Å²) in [5.41, 5.74) is 1.72. The van der Waals surface area contributed by atoms with Gasteiger partial charge in [-0.3, -0.25) is 9.20 Å². The summed E-state index contributed by atoms with van der Waals surface area (Å²) in [6, 6.07) is 10.3. The number of nitriles is 1. The van der Waals surface area contributed by atoms with E-state index in [0.717, 1.165) is 44.1 Å². The van der Waals surface area contributed by atoms with Gasteiger partial charge >= 0.3 is 0 Å². The lowest BCUT2D eigenvalue weighted by molar-refractivity contribution is 0.468. The van der Waals surface area contributed by atoms with E-state index < -0.39 is 10.8 Å². The Kier molecular flexibility index (Phi) is 11.0. The van der Waals surface area contributed by atoms with Crippen molar-refractivity contribution in [1.82, 2.24) is 10.6 Å². The van der Waals surface area contributed by atoms with Crippen LogP contribution < -0.4 is 15.5 Å². The first-order valence-electron chi connectivity index (χ1n) is 10.0. The van der Waals surface area contributed by atoms with Crippen molar-refractivity contribution in [2.75, 3.05) is 36.8 Å². The van der Waals surface area contributed by atoms with E-state index in [-0.39, 0.29) is 34.8 Å². The molecule has 2 unspecified atom stereocenters. The predicted molar refractivity (Wildman–Crippen MR) is 134 cm³/mol. The lowest BCUT2D eigenvalue weighted by Crippen LogP contribution is -2.51. The van der Waals surface area contributed by atoms with Gasteiger partial charge in [0.15, 0.2) is 5.96 Å². The fraction of sp³-hybridized carbons (Fsp3) is 0.619. The van der Waals surface area contributed by atoms with Crippen LogP contribution in [-0.4, -0.2) is 52.9 Å². The van der Waals surface area contributed by atoms with Crippen molar-refractivity contribution in [2.24, 2.45) is 4.99 Å². The lowest BCUT2D eigenvalue weighted by Gasteiger charge is -2.35. The van der Waals surface area contributed by atoms with Gasteiger partial charge in [0, 0.05) is 47.0 Å². The number of halogens is 1. The van der Waals surface area contributed by atoms with Gasteiger partial charge < -0.3 is 15.5 Å². The monoisotopic (exact) mass is 531 g/mol. The number of rotatable bonds is 6. The summed E-state index contributed by atoms with van der Waals surface area (Å²) in [5.74, 6) is 1.33. The third-order valence-electron chi connectivity index (χ3n) is 4.70. The van der Waals surface area contributed by atoms with Crippen LogP contribution in [0, 0.1) is 11.3 Å². The molecular weight excluding hydrogens is 497 g/mol. The summed E-state index contributed by atoms with van der Waals surface area (Å²) in [5, 5.41) is 16.2. The van der Waals surface area contributed by atoms with E-state index in [9.17, 15) is 9.47 Å². The number of nitrogens with zero attached hydrogens (tertiary/aromatic N) is 3. The number of benzene rings is 1. The van der Waals surface area contributed by atoms with Crippen LogP contribution in [0.25, 0.3) is 0 Å². The molecule has 1 heterocycles. The zero-order valence-corrected chi connectivity index (χ0v) is 21.0. The number of anilines is 1. The Morgan fingerprint density at radius 2 is 2.10 bits per heavy atom. The minimum absolute atomic E-state index is 0. The molecule has 1 aromatic carbocycles. The zero-order chi connectivity index (χ0) is 20.6. The fourth-order valence-corrected chi connectivity index (χ4v) is 4.09. The van der Waals surface area contributed by atoms with Gasteiger partial charge in [0.2, 0.25) is 0 Å². The van der Waals surface area contributed by atoms with E-state index in [4.69, 9.17) is 0 Å². The molecule has 29 heavy (non-hydrogen) atoms. The van der Waals surface area contributed by atoms with E-state index in [1.165, 1.54) is 0 Å². The molecule has 2 atom stereocenters. The van der Waals surface area contributed by atoms with Crippen LogP contribution in [0.2, 0.25) is 0 Å². The second-order valence-corrected chi connectivity index (χ2v) is 10.3. The SMILES string of the molecule is CCNC(=NCCS(=O)C(C)(C)C)NC1CCCN(c2ccccc2C#N)C1.I. The van der Waals surface area contributed by atoms with Crippen LogP contribution in [-0.2, 0) is 10.8 Å². The Balaban J connectivity index is 0.00000420. The molecular formula is C21H34IN5OS. The van der Waals surface area contributed by atoms with Gasteiger partial charge in [-0.25, -0.2) is 0 Å². The summed E-state index contributed by atoms with van der Waals surface area (Å²) < 4.78 is 12.0. The van der Waals surface area contributed by atoms with E-state index in [1.54, 1.807) is 0 Å². The van der Waals surface area contributed by atoms with Crippen molar-refractivity contribution in [2.45, 2.75) is 51.3 Å². The minimum atomic E-state index is -0.900. The number of aliphatic imine (C=N–C) groups is 1. The van der Waals surface area contributed by atoms with Crippen LogP contribution in [0.1, 0.15) is 46.1 Å². The highest BCUT2D eigenvalue weighted by molar-refractivity contribution is 14.0. The molecule has 0 amide bonds. The molecule has 6 nitrogen and oxygen atoms in total. The van der Waals surface area contributed by atoms with Crippen molar-refractivity contribution in [3.63, 3.8) is 0 Å². The Labute approximate surface area is 195 Å². The quantitative estimate of drug-likeness (QED) is 0.335. The van der Waals surface area contributed by atoms with Crippen molar-refractivity contribution in [3.8, 4) is 6.07 Å². The second-order valence-electron chi connectivity index (χ2n) is 7.98. The van der Waals surface area contributed by atoms with Crippen molar-refractivity contribution < 1.29 is 4.21 Å². The average Bonchev–Trinajstić information content (AvgIpc) is 2.67. The molecule has 1 aliphatic heterocycles. The topological polar surface area (TPSA) is 80.5 Å². The van der Waals surface area contributed by atoms with E-state index in [1.807, 2.05) is 52.0 Å². The molecule has 1 aliphatic rings. The molecule has 0 aromatic heterocycles. The van der Waals surface area contributed by atoms with Gasteiger partial charge in [-0.1, -0.05) is 12.1 Å². The molecule has 8 heteroatoms. The van der Waals surface area contributed by atoms with Crippen LogP contribution in [0.4, 0.5) is 5.69 Å². The fourth-order valence-electron chi connectivity index (χ4n) is 3.22. The maximum atomic E-state index is 12.2. The molecule has 0 radical (unpaired) electrons. The van der Waals surface area contributed by atoms with Gasteiger partial charge in [0.05, 0.1) is 17.8 Å². The van der Waals surface area contributed by atoms with Crippen LogP contribution in [0.5, 0.6) is 0 Å². The van der Waals surface area contributed by atoms with Crippen LogP contribution in [0.3, 0.4) is 0 Å². The Morgan fingerprint density at radius 3 is 2.76 bits per heavy atom. The molecule has 162 valence electrons. The Bertz CT molecular complexity index is 741. The van der Waals surface area contributed by atoms with Crippen molar-refractivity contribution >= 4 is 46.4 Å². The van der Waals surface area contributed by atoms with Crippen LogP contribution >= 0.6 is 24.0 Å². The van der Waals surface area contributed by atoms with E-state index >= 15 is 0 Å². The molecule has 0 bridgehead atoms. The highest BCUT2D eigenvalue weighted by atomic mass is 127. The Morgan fingerprint density at radius 1 is 1.38 bits per heavy atom. The molecule has 2 N–H and O–H groups in total. The maximum absolute atomic E-state index is 12.2. The van der Waals surface area contributed by atoms with Gasteiger partial charge in [0.1, 0.15) is 6.07 Å². The summed E-state index contributed by atoms with van der Waals surface area (Å²) in [4.78, 5) is 6.90. The molecule has 1 aromatic rings. The molecule has 0 saturated carbocycles. The second kappa shape index (κ2) is 12.4. The largest absolute Gasteiger partial charge is 0.368 e. The number of nitrogens with one attached hydrogen (secondary N) is 2. The molecule has 1 fully saturated rings. The zero-order valence-electron chi connectivity index (χ0n) is 17.9. The van der Waals surface area contributed by atoms with Crippen molar-refractivity contribution in [3.05, 3.63) is 29.8 Å². The average molecular weight is 532 g/mol. The third-order valence-corrected chi connectivity index (χ3v) is 6.62. The number of para-hydroxylation sites is 1. The molecule has 2 rings (SSSR count).